The Kier molecular flexibility index (Phi) is 4.99. The van der Waals surface area contributed by atoms with Crippen molar-refractivity contribution in [2.24, 2.45) is 5.92 Å². The number of carbonyl (C=O) groups is 1. The molecule has 0 amide bonds. The Balaban J connectivity index is 1.75. The predicted molar refractivity (Wildman–Crippen MR) is 90.1 cm³/mol. The first kappa shape index (κ1) is 15.4. The fourth-order valence-electron chi connectivity index (χ4n) is 3.17. The molecule has 3 heteroatoms. The van der Waals surface area contributed by atoms with E-state index in [1.165, 1.54) is 11.8 Å². The van der Waals surface area contributed by atoms with Gasteiger partial charge in [-0.15, -0.1) is 11.6 Å². The zero-order chi connectivity index (χ0) is 15.4. The lowest BCUT2D eigenvalue weighted by atomic mass is 9.89. The summed E-state index contributed by atoms with van der Waals surface area (Å²) in [5.74, 6) is 0.259. The minimum absolute atomic E-state index is 0.0555. The van der Waals surface area contributed by atoms with Crippen molar-refractivity contribution < 1.29 is 9.53 Å². The molecule has 2 nitrogen and oxygen atoms in total. The first-order chi connectivity index (χ1) is 10.8. The third kappa shape index (κ3) is 3.44. The molecule has 2 aromatic carbocycles. The highest BCUT2D eigenvalue weighted by Crippen LogP contribution is 2.29. The summed E-state index contributed by atoms with van der Waals surface area (Å²) < 4.78 is 5.70. The van der Waals surface area contributed by atoms with Crippen LogP contribution in [0.4, 0.5) is 0 Å². The fraction of sp³-hybridized carbons (Fsp3) is 0.421. The summed E-state index contributed by atoms with van der Waals surface area (Å²) in [6, 6.07) is 14.3. The van der Waals surface area contributed by atoms with Gasteiger partial charge in [0, 0.05) is 0 Å². The van der Waals surface area contributed by atoms with E-state index in [9.17, 15) is 4.79 Å². The van der Waals surface area contributed by atoms with E-state index in [2.05, 4.69) is 24.3 Å². The molecule has 1 saturated carbocycles. The highest BCUT2D eigenvalue weighted by molar-refractivity contribution is 6.18. The van der Waals surface area contributed by atoms with Crippen LogP contribution in [0.5, 0.6) is 0 Å². The van der Waals surface area contributed by atoms with Crippen LogP contribution in [0.1, 0.15) is 43.8 Å². The highest BCUT2D eigenvalue weighted by Gasteiger charge is 2.25. The number of ether oxygens (including phenoxy) is 1. The fourth-order valence-corrected chi connectivity index (χ4v) is 3.41. The Morgan fingerprint density at radius 3 is 2.55 bits per heavy atom. The molecule has 1 fully saturated rings. The van der Waals surface area contributed by atoms with Crippen LogP contribution >= 0.6 is 11.6 Å². The Bertz CT molecular complexity index is 647. The van der Waals surface area contributed by atoms with Gasteiger partial charge in [-0.3, -0.25) is 4.79 Å². The molecule has 116 valence electrons. The maximum atomic E-state index is 12.3. The molecule has 0 aromatic heterocycles. The number of fused-ring (bicyclic) bond motifs is 1. The highest BCUT2D eigenvalue weighted by atomic mass is 35.5. The summed E-state index contributed by atoms with van der Waals surface area (Å²) in [5, 5.41) is 2.32. The molecule has 0 aliphatic heterocycles. The number of esters is 1. The predicted octanol–water partition coefficient (Wildman–Crippen LogP) is 5.24. The van der Waals surface area contributed by atoms with E-state index in [-0.39, 0.29) is 23.9 Å². The van der Waals surface area contributed by atoms with E-state index < -0.39 is 0 Å². The van der Waals surface area contributed by atoms with Crippen LogP contribution in [-0.4, -0.2) is 11.8 Å². The molecule has 22 heavy (non-hydrogen) atoms. The van der Waals surface area contributed by atoms with Gasteiger partial charge in [0.1, 0.15) is 6.10 Å². The number of alkyl halides is 1. The second-order valence-electron chi connectivity index (χ2n) is 6.02. The number of benzene rings is 2. The summed E-state index contributed by atoms with van der Waals surface area (Å²) in [6.07, 6.45) is 5.02. The van der Waals surface area contributed by atoms with Crippen LogP contribution in [0.15, 0.2) is 42.5 Å². The zero-order valence-electron chi connectivity index (χ0n) is 12.6. The number of carbonyl (C=O) groups excluding carboxylic acids is 1. The number of halogens is 1. The largest absolute Gasteiger partial charge is 0.456 e. The summed E-state index contributed by atoms with van der Waals surface area (Å²) in [4.78, 5) is 12.3. The summed E-state index contributed by atoms with van der Waals surface area (Å²) in [5.41, 5.74) is 0.970. The van der Waals surface area contributed by atoms with Crippen molar-refractivity contribution in [2.45, 2.75) is 38.2 Å². The van der Waals surface area contributed by atoms with Gasteiger partial charge < -0.3 is 4.74 Å². The van der Waals surface area contributed by atoms with Crippen molar-refractivity contribution in [3.05, 3.63) is 48.0 Å². The van der Waals surface area contributed by atoms with Gasteiger partial charge in [0.05, 0.1) is 11.8 Å². The van der Waals surface area contributed by atoms with Gasteiger partial charge in [-0.25, -0.2) is 0 Å². The van der Waals surface area contributed by atoms with E-state index >= 15 is 0 Å². The van der Waals surface area contributed by atoms with Crippen molar-refractivity contribution in [3.8, 4) is 0 Å². The molecular weight excluding hydrogens is 296 g/mol. The first-order valence-electron chi connectivity index (χ1n) is 8.03. The molecule has 3 rings (SSSR count). The van der Waals surface area contributed by atoms with Crippen LogP contribution in [0, 0.1) is 5.92 Å². The van der Waals surface area contributed by atoms with Gasteiger partial charge in [0.25, 0.3) is 0 Å². The SMILES string of the molecule is O=C(O[C@H](CCl)c1ccc2ccccc2c1)C1CCCCC1. The van der Waals surface area contributed by atoms with E-state index in [1.54, 1.807) is 0 Å². The van der Waals surface area contributed by atoms with E-state index in [4.69, 9.17) is 16.3 Å². The average Bonchev–Trinajstić information content (AvgIpc) is 2.59. The topological polar surface area (TPSA) is 26.3 Å². The van der Waals surface area contributed by atoms with Crippen LogP contribution in [-0.2, 0) is 9.53 Å². The molecule has 0 N–H and O–H groups in total. The number of rotatable bonds is 4. The van der Waals surface area contributed by atoms with Gasteiger partial charge in [-0.2, -0.15) is 0 Å². The van der Waals surface area contributed by atoms with Crippen LogP contribution in [0.25, 0.3) is 10.8 Å². The molecule has 0 spiro atoms. The van der Waals surface area contributed by atoms with Gasteiger partial charge in [0.2, 0.25) is 0 Å². The van der Waals surface area contributed by atoms with Crippen molar-refractivity contribution in [1.82, 2.24) is 0 Å². The molecule has 0 bridgehead atoms. The van der Waals surface area contributed by atoms with Crippen LogP contribution in [0.2, 0.25) is 0 Å². The van der Waals surface area contributed by atoms with Gasteiger partial charge >= 0.3 is 5.97 Å². The molecular formula is C19H21ClO2. The molecule has 1 atom stereocenters. The maximum absolute atomic E-state index is 12.3. The number of hydrogen-bond donors (Lipinski definition) is 0. The average molecular weight is 317 g/mol. The standard InChI is InChI=1S/C19H21ClO2/c20-13-18(22-19(21)15-7-2-1-3-8-15)17-11-10-14-6-4-5-9-16(14)12-17/h4-6,9-12,15,18H,1-3,7-8,13H2/t18-/m1/s1. The monoisotopic (exact) mass is 316 g/mol. The molecule has 0 unspecified atom stereocenters. The normalized spacial score (nSPS) is 17.3. The molecule has 0 saturated heterocycles. The van der Waals surface area contributed by atoms with Gasteiger partial charge in [0.15, 0.2) is 0 Å². The second-order valence-corrected chi connectivity index (χ2v) is 6.33. The number of hydrogen-bond acceptors (Lipinski definition) is 2. The van der Waals surface area contributed by atoms with Gasteiger partial charge in [-0.05, 0) is 35.2 Å². The summed E-state index contributed by atoms with van der Waals surface area (Å²) >= 11 is 6.06. The molecule has 0 radical (unpaired) electrons. The van der Waals surface area contributed by atoms with Gasteiger partial charge in [-0.1, -0.05) is 55.7 Å². The van der Waals surface area contributed by atoms with Crippen LogP contribution < -0.4 is 0 Å². The zero-order valence-corrected chi connectivity index (χ0v) is 13.4. The van der Waals surface area contributed by atoms with Crippen molar-refractivity contribution >= 4 is 28.3 Å². The maximum Gasteiger partial charge on any atom is 0.309 e. The smallest absolute Gasteiger partial charge is 0.309 e. The minimum Gasteiger partial charge on any atom is -0.456 e. The van der Waals surface area contributed by atoms with Crippen molar-refractivity contribution in [1.29, 1.82) is 0 Å². The quantitative estimate of drug-likeness (QED) is 0.569. The lowest BCUT2D eigenvalue weighted by Gasteiger charge is -2.23. The van der Waals surface area contributed by atoms with Crippen molar-refractivity contribution in [3.63, 3.8) is 0 Å². The summed E-state index contributed by atoms with van der Waals surface area (Å²) in [6.45, 7) is 0. The minimum atomic E-state index is -0.360. The van der Waals surface area contributed by atoms with E-state index in [0.29, 0.717) is 0 Å². The molecule has 1 aliphatic carbocycles. The Morgan fingerprint density at radius 2 is 1.82 bits per heavy atom. The Labute approximate surface area is 136 Å². The molecule has 0 heterocycles. The first-order valence-corrected chi connectivity index (χ1v) is 8.56. The summed E-state index contributed by atoms with van der Waals surface area (Å²) in [7, 11) is 0. The van der Waals surface area contributed by atoms with Crippen LogP contribution in [0.3, 0.4) is 0 Å². The van der Waals surface area contributed by atoms with E-state index in [0.717, 1.165) is 36.6 Å². The lowest BCUT2D eigenvalue weighted by molar-refractivity contribution is -0.154. The van der Waals surface area contributed by atoms with E-state index in [1.807, 2.05) is 18.2 Å². The van der Waals surface area contributed by atoms with Crippen molar-refractivity contribution in [2.75, 3.05) is 5.88 Å². The Hall–Kier alpha value is -1.54. The second kappa shape index (κ2) is 7.15. The third-order valence-corrected chi connectivity index (χ3v) is 4.76. The Morgan fingerprint density at radius 1 is 1.09 bits per heavy atom. The third-order valence-electron chi connectivity index (χ3n) is 4.48. The lowest BCUT2D eigenvalue weighted by Crippen LogP contribution is -2.23. The molecule has 2 aromatic rings. The molecule has 1 aliphatic rings.